The molecule has 0 radical (unpaired) electrons. The summed E-state index contributed by atoms with van der Waals surface area (Å²) < 4.78 is 0. The van der Waals surface area contributed by atoms with E-state index in [0.29, 0.717) is 24.2 Å². The van der Waals surface area contributed by atoms with Crippen LogP contribution in [0.4, 0.5) is 5.69 Å². The smallest absolute Gasteiger partial charge is 0.251 e. The number of nitrogens with zero attached hydrogens (tertiary/aromatic N) is 1. The van der Waals surface area contributed by atoms with E-state index in [1.165, 1.54) is 0 Å². The van der Waals surface area contributed by atoms with Gasteiger partial charge in [0.2, 0.25) is 5.91 Å². The Morgan fingerprint density at radius 3 is 2.77 bits per heavy atom. The van der Waals surface area contributed by atoms with Crippen LogP contribution in [-0.2, 0) is 11.2 Å². The molecule has 0 unspecified atom stereocenters. The fourth-order valence-corrected chi connectivity index (χ4v) is 2.85. The fourth-order valence-electron chi connectivity index (χ4n) is 2.85. The Bertz CT molecular complexity index is 926. The number of aromatic nitrogens is 2. The zero-order chi connectivity index (χ0) is 17.9. The maximum absolute atomic E-state index is 12.3. The molecule has 4 rings (SSSR count). The molecule has 2 aromatic carbocycles. The Morgan fingerprint density at radius 1 is 1.12 bits per heavy atom. The molecule has 1 heterocycles. The predicted octanol–water partition coefficient (Wildman–Crippen LogP) is 2.88. The van der Waals surface area contributed by atoms with Gasteiger partial charge < -0.3 is 15.6 Å². The number of hydrogen-bond donors (Lipinski definition) is 3. The zero-order valence-electron chi connectivity index (χ0n) is 14.3. The Morgan fingerprint density at radius 2 is 1.96 bits per heavy atom. The van der Waals surface area contributed by atoms with Crippen LogP contribution in [-0.4, -0.2) is 28.3 Å². The van der Waals surface area contributed by atoms with Gasteiger partial charge in [0, 0.05) is 30.1 Å². The molecule has 6 nitrogen and oxygen atoms in total. The van der Waals surface area contributed by atoms with Crippen molar-refractivity contribution in [2.75, 3.05) is 11.9 Å². The highest BCUT2D eigenvalue weighted by Gasteiger charge is 2.29. The Kier molecular flexibility index (Phi) is 4.39. The minimum absolute atomic E-state index is 0.0347. The molecule has 6 heteroatoms. The van der Waals surface area contributed by atoms with Crippen LogP contribution < -0.4 is 10.6 Å². The van der Waals surface area contributed by atoms with Gasteiger partial charge in [-0.25, -0.2) is 4.98 Å². The number of rotatable bonds is 6. The summed E-state index contributed by atoms with van der Waals surface area (Å²) in [6, 6.07) is 14.9. The Labute approximate surface area is 151 Å². The van der Waals surface area contributed by atoms with Crippen molar-refractivity contribution in [2.45, 2.75) is 19.3 Å². The van der Waals surface area contributed by atoms with Gasteiger partial charge in [0.25, 0.3) is 5.91 Å². The molecule has 132 valence electrons. The summed E-state index contributed by atoms with van der Waals surface area (Å²) in [6.07, 6.45) is 2.53. The highest BCUT2D eigenvalue weighted by Crippen LogP contribution is 2.30. The minimum Gasteiger partial charge on any atom is -0.352 e. The molecular formula is C20H20N4O2. The first-order chi connectivity index (χ1) is 12.7. The topological polar surface area (TPSA) is 86.9 Å². The number of benzene rings is 2. The molecule has 1 aliphatic rings. The van der Waals surface area contributed by atoms with Gasteiger partial charge in [-0.05, 0) is 43.2 Å². The number of fused-ring (bicyclic) bond motifs is 1. The highest BCUT2D eigenvalue weighted by molar-refractivity contribution is 5.98. The molecule has 1 aliphatic carbocycles. The lowest BCUT2D eigenvalue weighted by Gasteiger charge is -2.08. The van der Waals surface area contributed by atoms with Crippen molar-refractivity contribution >= 4 is 28.5 Å². The van der Waals surface area contributed by atoms with E-state index >= 15 is 0 Å². The summed E-state index contributed by atoms with van der Waals surface area (Å²) in [5.41, 5.74) is 3.11. The minimum atomic E-state index is -0.163. The second kappa shape index (κ2) is 7.00. The molecule has 0 spiro atoms. The Hall–Kier alpha value is -3.15. The van der Waals surface area contributed by atoms with E-state index in [4.69, 9.17) is 0 Å². The summed E-state index contributed by atoms with van der Waals surface area (Å²) >= 11 is 0. The van der Waals surface area contributed by atoms with Crippen LogP contribution in [0.15, 0.2) is 48.5 Å². The van der Waals surface area contributed by atoms with Crippen molar-refractivity contribution in [1.82, 2.24) is 15.3 Å². The third-order valence-electron chi connectivity index (χ3n) is 4.43. The lowest BCUT2D eigenvalue weighted by Crippen LogP contribution is -2.26. The van der Waals surface area contributed by atoms with Crippen LogP contribution in [0.5, 0.6) is 0 Å². The number of nitrogens with one attached hydrogen (secondary N) is 3. The fraction of sp³-hybridized carbons (Fsp3) is 0.250. The number of carbonyl (C=O) groups is 2. The van der Waals surface area contributed by atoms with E-state index in [1.807, 2.05) is 24.3 Å². The van der Waals surface area contributed by atoms with E-state index < -0.39 is 0 Å². The van der Waals surface area contributed by atoms with Gasteiger partial charge in [-0.15, -0.1) is 0 Å². The number of carbonyl (C=O) groups excluding carboxylic acids is 2. The summed E-state index contributed by atoms with van der Waals surface area (Å²) in [5, 5.41) is 5.76. The summed E-state index contributed by atoms with van der Waals surface area (Å²) in [7, 11) is 0. The molecule has 3 N–H and O–H groups in total. The molecule has 1 saturated carbocycles. The SMILES string of the molecule is O=C(NCCc1nc2ccccc2[nH]1)c1cccc(NC(=O)C2CC2)c1. The number of H-pyrrole nitrogens is 1. The molecule has 1 aromatic heterocycles. The van der Waals surface area contributed by atoms with Gasteiger partial charge in [-0.2, -0.15) is 0 Å². The number of hydrogen-bond acceptors (Lipinski definition) is 3. The van der Waals surface area contributed by atoms with Crippen LogP contribution in [0.3, 0.4) is 0 Å². The molecular weight excluding hydrogens is 328 g/mol. The lowest BCUT2D eigenvalue weighted by atomic mass is 10.2. The average Bonchev–Trinajstić information content (AvgIpc) is 3.42. The van der Waals surface area contributed by atoms with Gasteiger partial charge in [0.05, 0.1) is 11.0 Å². The van der Waals surface area contributed by atoms with Crippen molar-refractivity contribution in [1.29, 1.82) is 0 Å². The third kappa shape index (κ3) is 3.74. The van der Waals surface area contributed by atoms with Crippen molar-refractivity contribution in [3.63, 3.8) is 0 Å². The molecule has 2 amide bonds. The van der Waals surface area contributed by atoms with E-state index in [2.05, 4.69) is 20.6 Å². The number of aromatic amines is 1. The van der Waals surface area contributed by atoms with Crippen LogP contribution in [0.25, 0.3) is 11.0 Å². The van der Waals surface area contributed by atoms with Crippen molar-refractivity contribution in [3.05, 3.63) is 59.9 Å². The highest BCUT2D eigenvalue weighted by atomic mass is 16.2. The average molecular weight is 348 g/mol. The van der Waals surface area contributed by atoms with Crippen molar-refractivity contribution in [2.24, 2.45) is 5.92 Å². The lowest BCUT2D eigenvalue weighted by molar-refractivity contribution is -0.117. The van der Waals surface area contributed by atoms with Gasteiger partial charge in [0.15, 0.2) is 0 Å². The van der Waals surface area contributed by atoms with Crippen LogP contribution in [0.2, 0.25) is 0 Å². The molecule has 3 aromatic rings. The first-order valence-electron chi connectivity index (χ1n) is 8.82. The normalized spacial score (nSPS) is 13.5. The standard InChI is InChI=1S/C20H20N4O2/c25-19(14-4-3-5-15(12-14)22-20(26)13-8-9-13)21-11-10-18-23-16-6-1-2-7-17(16)24-18/h1-7,12-13H,8-11H2,(H,21,25)(H,22,26)(H,23,24). The maximum atomic E-state index is 12.3. The summed E-state index contributed by atoms with van der Waals surface area (Å²) in [5.74, 6) is 0.851. The van der Waals surface area contributed by atoms with Crippen LogP contribution in [0.1, 0.15) is 29.0 Å². The number of amides is 2. The first kappa shape index (κ1) is 16.3. The monoisotopic (exact) mass is 348 g/mol. The summed E-state index contributed by atoms with van der Waals surface area (Å²) in [6.45, 7) is 0.483. The zero-order valence-corrected chi connectivity index (χ0v) is 14.3. The number of anilines is 1. The molecule has 0 atom stereocenters. The Balaban J connectivity index is 1.33. The van der Waals surface area contributed by atoms with Gasteiger partial charge in [-0.1, -0.05) is 18.2 Å². The summed E-state index contributed by atoms with van der Waals surface area (Å²) in [4.78, 5) is 31.9. The first-order valence-corrected chi connectivity index (χ1v) is 8.82. The number of imidazole rings is 1. The predicted molar refractivity (Wildman–Crippen MR) is 99.9 cm³/mol. The second-order valence-electron chi connectivity index (χ2n) is 6.55. The maximum Gasteiger partial charge on any atom is 0.251 e. The van der Waals surface area contributed by atoms with E-state index in [1.54, 1.807) is 24.3 Å². The van der Waals surface area contributed by atoms with E-state index in [0.717, 1.165) is 29.7 Å². The van der Waals surface area contributed by atoms with Crippen LogP contribution >= 0.6 is 0 Å². The van der Waals surface area contributed by atoms with E-state index in [-0.39, 0.29) is 17.7 Å². The molecule has 0 aliphatic heterocycles. The van der Waals surface area contributed by atoms with Gasteiger partial charge >= 0.3 is 0 Å². The quantitative estimate of drug-likeness (QED) is 0.640. The third-order valence-corrected chi connectivity index (χ3v) is 4.43. The molecule has 0 saturated heterocycles. The molecule has 0 bridgehead atoms. The number of para-hydroxylation sites is 2. The van der Waals surface area contributed by atoms with Gasteiger partial charge in [0.1, 0.15) is 5.82 Å². The van der Waals surface area contributed by atoms with E-state index in [9.17, 15) is 9.59 Å². The second-order valence-corrected chi connectivity index (χ2v) is 6.55. The van der Waals surface area contributed by atoms with Crippen LogP contribution in [0, 0.1) is 5.92 Å². The van der Waals surface area contributed by atoms with Crippen molar-refractivity contribution < 1.29 is 9.59 Å². The molecule has 26 heavy (non-hydrogen) atoms. The van der Waals surface area contributed by atoms with Crippen molar-refractivity contribution in [3.8, 4) is 0 Å². The largest absolute Gasteiger partial charge is 0.352 e. The molecule has 1 fully saturated rings. The van der Waals surface area contributed by atoms with Gasteiger partial charge in [-0.3, -0.25) is 9.59 Å².